The van der Waals surface area contributed by atoms with Crippen molar-refractivity contribution in [1.29, 1.82) is 0 Å². The van der Waals surface area contributed by atoms with Gasteiger partial charge in [0, 0.05) is 30.0 Å². The summed E-state index contributed by atoms with van der Waals surface area (Å²) in [5, 5.41) is 3.24. The predicted octanol–water partition coefficient (Wildman–Crippen LogP) is 5.00. The molecule has 0 aromatic heterocycles. The van der Waals surface area contributed by atoms with Crippen molar-refractivity contribution in [2.45, 2.75) is 19.8 Å². The summed E-state index contributed by atoms with van der Waals surface area (Å²) < 4.78 is 5.52. The molecule has 1 saturated heterocycles. The van der Waals surface area contributed by atoms with E-state index in [4.69, 9.17) is 4.74 Å². The second-order valence-electron chi connectivity index (χ2n) is 8.60. The zero-order valence-electron chi connectivity index (χ0n) is 19.4. The highest BCUT2D eigenvalue weighted by molar-refractivity contribution is 6.46. The van der Waals surface area contributed by atoms with Crippen LogP contribution in [0.1, 0.15) is 24.0 Å². The highest BCUT2D eigenvalue weighted by Gasteiger charge is 2.41. The summed E-state index contributed by atoms with van der Waals surface area (Å²) in [6, 6.07) is 22.6. The minimum Gasteiger partial charge on any atom is -0.496 e. The third kappa shape index (κ3) is 3.92. The first-order valence-corrected chi connectivity index (χ1v) is 11.5. The van der Waals surface area contributed by atoms with Crippen LogP contribution in [0.25, 0.3) is 5.57 Å². The number of hydrogen-bond acceptors (Lipinski definition) is 5. The standard InChI is InChI=1S/C28H27N3O3/c1-19-9-13-22(14-10-19)31-27(32)25(23-7-3-4-8-24(23)34-2)26(28(31)33)29-20-11-15-21(16-12-20)30-17-5-6-18-30/h3-4,7-16,29H,5-6,17-18H2,1-2H3. The van der Waals surface area contributed by atoms with Gasteiger partial charge in [-0.15, -0.1) is 0 Å². The minimum absolute atomic E-state index is 0.240. The number of ether oxygens (including phenoxy) is 1. The number of para-hydroxylation sites is 1. The van der Waals surface area contributed by atoms with Gasteiger partial charge in [0.15, 0.2) is 0 Å². The molecule has 0 atom stereocenters. The Labute approximate surface area is 199 Å². The number of carbonyl (C=O) groups excluding carboxylic acids is 2. The zero-order chi connectivity index (χ0) is 23.7. The maximum Gasteiger partial charge on any atom is 0.282 e. The second kappa shape index (κ2) is 9.06. The molecule has 6 nitrogen and oxygen atoms in total. The van der Waals surface area contributed by atoms with E-state index in [1.807, 2.05) is 43.3 Å². The Hall–Kier alpha value is -4.06. The smallest absolute Gasteiger partial charge is 0.282 e. The summed E-state index contributed by atoms with van der Waals surface area (Å²) in [4.78, 5) is 30.8. The van der Waals surface area contributed by atoms with Crippen LogP contribution in [-0.2, 0) is 9.59 Å². The predicted molar refractivity (Wildman–Crippen MR) is 135 cm³/mol. The highest BCUT2D eigenvalue weighted by atomic mass is 16.5. The van der Waals surface area contributed by atoms with E-state index in [0.29, 0.717) is 22.6 Å². The molecule has 0 bridgehead atoms. The fraction of sp³-hybridized carbons (Fsp3) is 0.214. The first kappa shape index (κ1) is 21.8. The molecule has 5 rings (SSSR count). The molecule has 2 amide bonds. The van der Waals surface area contributed by atoms with E-state index in [1.165, 1.54) is 17.7 Å². The molecule has 6 heteroatoms. The molecule has 0 aliphatic carbocycles. The number of benzene rings is 3. The Morgan fingerprint density at radius 1 is 0.794 bits per heavy atom. The average Bonchev–Trinajstić information content (AvgIpc) is 3.48. The first-order valence-electron chi connectivity index (χ1n) is 11.5. The maximum absolute atomic E-state index is 13.6. The van der Waals surface area contributed by atoms with E-state index < -0.39 is 5.91 Å². The summed E-state index contributed by atoms with van der Waals surface area (Å²) >= 11 is 0. The molecule has 2 aliphatic rings. The number of amides is 2. The number of aryl methyl sites for hydroxylation is 1. The van der Waals surface area contributed by atoms with E-state index in [-0.39, 0.29) is 11.6 Å². The van der Waals surface area contributed by atoms with E-state index in [2.05, 4.69) is 22.3 Å². The monoisotopic (exact) mass is 453 g/mol. The van der Waals surface area contributed by atoms with E-state index in [9.17, 15) is 9.59 Å². The third-order valence-electron chi connectivity index (χ3n) is 6.36. The zero-order valence-corrected chi connectivity index (χ0v) is 19.4. The van der Waals surface area contributed by atoms with Gasteiger partial charge < -0.3 is 15.0 Å². The summed E-state index contributed by atoms with van der Waals surface area (Å²) in [6.07, 6.45) is 2.42. The van der Waals surface area contributed by atoms with E-state index in [1.54, 1.807) is 31.4 Å². The molecule has 2 aliphatic heterocycles. The van der Waals surface area contributed by atoms with Crippen molar-refractivity contribution in [1.82, 2.24) is 0 Å². The second-order valence-corrected chi connectivity index (χ2v) is 8.60. The molecule has 1 fully saturated rings. The Morgan fingerprint density at radius 3 is 2.12 bits per heavy atom. The minimum atomic E-state index is -0.390. The van der Waals surface area contributed by atoms with Crippen LogP contribution in [0.15, 0.2) is 78.5 Å². The van der Waals surface area contributed by atoms with E-state index >= 15 is 0 Å². The highest BCUT2D eigenvalue weighted by Crippen LogP contribution is 2.37. The average molecular weight is 454 g/mol. The molecule has 2 heterocycles. The van der Waals surface area contributed by atoms with Gasteiger partial charge in [-0.05, 0) is 62.2 Å². The molecule has 0 unspecified atom stereocenters. The van der Waals surface area contributed by atoms with Crippen LogP contribution in [0.3, 0.4) is 0 Å². The molecule has 34 heavy (non-hydrogen) atoms. The summed E-state index contributed by atoms with van der Waals surface area (Å²) in [5.74, 6) is -0.235. The van der Waals surface area contributed by atoms with Gasteiger partial charge in [-0.25, -0.2) is 4.90 Å². The number of nitrogens with zero attached hydrogens (tertiary/aromatic N) is 2. The largest absolute Gasteiger partial charge is 0.496 e. The topological polar surface area (TPSA) is 61.9 Å². The number of rotatable bonds is 6. The van der Waals surface area contributed by atoms with Crippen molar-refractivity contribution in [3.8, 4) is 5.75 Å². The molecule has 172 valence electrons. The number of anilines is 3. The molecule has 0 radical (unpaired) electrons. The van der Waals surface area contributed by atoms with Gasteiger partial charge >= 0.3 is 0 Å². The lowest BCUT2D eigenvalue weighted by Crippen LogP contribution is -2.32. The summed E-state index contributed by atoms with van der Waals surface area (Å²) in [5.41, 5.74) is 4.62. The molecule has 1 N–H and O–H groups in total. The molecular formula is C28H27N3O3. The fourth-order valence-electron chi connectivity index (χ4n) is 4.55. The van der Waals surface area contributed by atoms with Crippen molar-refractivity contribution in [2.24, 2.45) is 0 Å². The molecule has 3 aromatic rings. The number of hydrogen-bond donors (Lipinski definition) is 1. The van der Waals surface area contributed by atoms with Crippen LogP contribution < -0.4 is 19.9 Å². The van der Waals surface area contributed by atoms with Crippen molar-refractivity contribution < 1.29 is 14.3 Å². The van der Waals surface area contributed by atoms with Gasteiger partial charge in [-0.2, -0.15) is 0 Å². The summed E-state index contributed by atoms with van der Waals surface area (Å²) in [7, 11) is 1.56. The van der Waals surface area contributed by atoms with Crippen LogP contribution in [0, 0.1) is 6.92 Å². The van der Waals surface area contributed by atoms with Gasteiger partial charge in [0.1, 0.15) is 11.4 Å². The van der Waals surface area contributed by atoms with Gasteiger partial charge in [0.2, 0.25) is 0 Å². The van der Waals surface area contributed by atoms with Gasteiger partial charge in [-0.1, -0.05) is 35.9 Å². The van der Waals surface area contributed by atoms with Crippen molar-refractivity contribution >= 4 is 34.4 Å². The van der Waals surface area contributed by atoms with Gasteiger partial charge in [0.25, 0.3) is 11.8 Å². The normalized spacial score (nSPS) is 15.9. The third-order valence-corrected chi connectivity index (χ3v) is 6.36. The van der Waals surface area contributed by atoms with Crippen LogP contribution >= 0.6 is 0 Å². The summed E-state index contributed by atoms with van der Waals surface area (Å²) in [6.45, 7) is 4.09. The molecule has 3 aromatic carbocycles. The van der Waals surface area contributed by atoms with Gasteiger partial charge in [-0.3, -0.25) is 9.59 Å². The maximum atomic E-state index is 13.6. The first-order chi connectivity index (χ1) is 16.6. The van der Waals surface area contributed by atoms with E-state index in [0.717, 1.165) is 30.0 Å². The lowest BCUT2D eigenvalue weighted by molar-refractivity contribution is -0.120. The van der Waals surface area contributed by atoms with Crippen LogP contribution in [-0.4, -0.2) is 32.0 Å². The number of methoxy groups -OCH3 is 1. The number of nitrogens with one attached hydrogen (secondary N) is 1. The Morgan fingerprint density at radius 2 is 1.44 bits per heavy atom. The Balaban J connectivity index is 1.55. The molecule has 0 saturated carbocycles. The SMILES string of the molecule is COc1ccccc1C1=C(Nc2ccc(N3CCCC3)cc2)C(=O)N(c2ccc(C)cc2)C1=O. The van der Waals surface area contributed by atoms with Gasteiger partial charge in [0.05, 0.1) is 18.4 Å². The molecular weight excluding hydrogens is 426 g/mol. The lowest BCUT2D eigenvalue weighted by Gasteiger charge is -2.18. The van der Waals surface area contributed by atoms with Crippen LogP contribution in [0.4, 0.5) is 17.1 Å². The number of carbonyl (C=O) groups is 2. The fourth-order valence-corrected chi connectivity index (χ4v) is 4.55. The lowest BCUT2D eigenvalue weighted by atomic mass is 10.0. The van der Waals surface area contributed by atoms with Crippen molar-refractivity contribution in [3.05, 3.63) is 89.6 Å². The molecule has 0 spiro atoms. The Bertz CT molecular complexity index is 1260. The van der Waals surface area contributed by atoms with Crippen LogP contribution in [0.2, 0.25) is 0 Å². The van der Waals surface area contributed by atoms with Crippen molar-refractivity contribution in [2.75, 3.05) is 35.3 Å². The number of imide groups is 1. The van der Waals surface area contributed by atoms with Crippen LogP contribution in [0.5, 0.6) is 5.75 Å². The van der Waals surface area contributed by atoms with Crippen molar-refractivity contribution in [3.63, 3.8) is 0 Å². The quantitative estimate of drug-likeness (QED) is 0.532. The Kier molecular flexibility index (Phi) is 5.80.